The lowest BCUT2D eigenvalue weighted by molar-refractivity contribution is -0.144. The highest BCUT2D eigenvalue weighted by Crippen LogP contribution is 2.21. The molecule has 0 radical (unpaired) electrons. The van der Waals surface area contributed by atoms with Gasteiger partial charge in [-0.05, 0) is 43.9 Å². The zero-order chi connectivity index (χ0) is 17.1. The van der Waals surface area contributed by atoms with Crippen LogP contribution in [0.4, 0.5) is 0 Å². The molecule has 0 fully saturated rings. The van der Waals surface area contributed by atoms with E-state index in [2.05, 4.69) is 6.92 Å². The van der Waals surface area contributed by atoms with Crippen molar-refractivity contribution in [2.45, 2.75) is 65.7 Å². The van der Waals surface area contributed by atoms with Crippen molar-refractivity contribution in [1.29, 1.82) is 0 Å². The van der Waals surface area contributed by atoms with Crippen molar-refractivity contribution in [3.05, 3.63) is 29.3 Å². The summed E-state index contributed by atoms with van der Waals surface area (Å²) in [7, 11) is 0. The van der Waals surface area contributed by atoms with Crippen LogP contribution in [0.15, 0.2) is 18.2 Å². The predicted octanol–water partition coefficient (Wildman–Crippen LogP) is 4.50. The molecule has 1 rings (SSSR count). The summed E-state index contributed by atoms with van der Waals surface area (Å²) in [6.45, 7) is 6.52. The molecule has 0 heterocycles. The van der Waals surface area contributed by atoms with Gasteiger partial charge in [0.2, 0.25) is 0 Å². The van der Waals surface area contributed by atoms with Gasteiger partial charge in [0.15, 0.2) is 0 Å². The van der Waals surface area contributed by atoms with Crippen molar-refractivity contribution < 1.29 is 19.1 Å². The average molecular weight is 320 g/mol. The Balaban J connectivity index is 2.18. The maximum Gasteiger partial charge on any atom is 0.311 e. The van der Waals surface area contributed by atoms with Gasteiger partial charge in [0.25, 0.3) is 0 Å². The van der Waals surface area contributed by atoms with Gasteiger partial charge in [-0.1, -0.05) is 38.3 Å². The van der Waals surface area contributed by atoms with E-state index < -0.39 is 0 Å². The van der Waals surface area contributed by atoms with Crippen LogP contribution in [-0.4, -0.2) is 18.5 Å². The van der Waals surface area contributed by atoms with E-state index in [1.54, 1.807) is 6.07 Å². The second-order valence-electron chi connectivity index (χ2n) is 5.81. The van der Waals surface area contributed by atoms with Crippen LogP contribution in [0.3, 0.4) is 0 Å². The Kier molecular flexibility index (Phi) is 9.03. The number of hydrogen-bond donors (Lipinski definition) is 0. The largest absolute Gasteiger partial charge is 0.466 e. The highest BCUT2D eigenvalue weighted by Gasteiger charge is 2.10. The van der Waals surface area contributed by atoms with Crippen molar-refractivity contribution in [2.24, 2.45) is 0 Å². The van der Waals surface area contributed by atoms with Crippen LogP contribution in [0.5, 0.6) is 5.75 Å². The molecular weight excluding hydrogens is 292 g/mol. The average Bonchev–Trinajstić information content (AvgIpc) is 2.51. The molecule has 0 aliphatic carbocycles. The van der Waals surface area contributed by atoms with Gasteiger partial charge in [-0.15, -0.1) is 0 Å². The highest BCUT2D eigenvalue weighted by atomic mass is 16.5. The zero-order valence-corrected chi connectivity index (χ0v) is 14.5. The number of aryl methyl sites for hydroxylation is 1. The number of rotatable bonds is 10. The molecule has 0 unspecified atom stereocenters. The van der Waals surface area contributed by atoms with Gasteiger partial charge in [0, 0.05) is 12.8 Å². The second-order valence-corrected chi connectivity index (χ2v) is 5.81. The van der Waals surface area contributed by atoms with Crippen LogP contribution in [-0.2, 0) is 14.3 Å². The Morgan fingerprint density at radius 2 is 1.70 bits per heavy atom. The Labute approximate surface area is 139 Å². The molecule has 0 saturated carbocycles. The molecule has 1 aromatic carbocycles. The number of carbonyl (C=O) groups is 2. The van der Waals surface area contributed by atoms with Gasteiger partial charge in [0.05, 0.1) is 6.61 Å². The van der Waals surface area contributed by atoms with Gasteiger partial charge in [-0.3, -0.25) is 9.59 Å². The summed E-state index contributed by atoms with van der Waals surface area (Å²) < 4.78 is 10.5. The monoisotopic (exact) mass is 320 g/mol. The Hall–Kier alpha value is -1.84. The summed E-state index contributed by atoms with van der Waals surface area (Å²) >= 11 is 0. The van der Waals surface area contributed by atoms with Gasteiger partial charge in [-0.25, -0.2) is 0 Å². The number of esters is 2. The van der Waals surface area contributed by atoms with Crippen molar-refractivity contribution in [3.8, 4) is 5.75 Å². The van der Waals surface area contributed by atoms with Crippen LogP contribution in [0, 0.1) is 13.8 Å². The van der Waals surface area contributed by atoms with Gasteiger partial charge in [-0.2, -0.15) is 0 Å². The third-order valence-corrected chi connectivity index (χ3v) is 3.80. The van der Waals surface area contributed by atoms with Crippen molar-refractivity contribution in [2.75, 3.05) is 6.61 Å². The Morgan fingerprint density at radius 1 is 0.957 bits per heavy atom. The van der Waals surface area contributed by atoms with Gasteiger partial charge in [0.1, 0.15) is 5.75 Å². The van der Waals surface area contributed by atoms with E-state index in [4.69, 9.17) is 9.47 Å². The highest BCUT2D eigenvalue weighted by molar-refractivity contribution is 5.74. The van der Waals surface area contributed by atoms with Gasteiger partial charge < -0.3 is 9.47 Å². The number of unbranched alkanes of at least 4 members (excludes halogenated alkanes) is 3. The fourth-order valence-corrected chi connectivity index (χ4v) is 2.17. The molecule has 0 amide bonds. The molecule has 0 bridgehead atoms. The molecule has 1 aromatic rings. The molecule has 0 saturated heterocycles. The fourth-order valence-electron chi connectivity index (χ4n) is 2.17. The molecule has 128 valence electrons. The first-order valence-electron chi connectivity index (χ1n) is 8.47. The quantitative estimate of drug-likeness (QED) is 0.362. The Bertz CT molecular complexity index is 508. The first-order chi connectivity index (χ1) is 11.0. The molecule has 0 atom stereocenters. The van der Waals surface area contributed by atoms with Crippen LogP contribution in [0.25, 0.3) is 0 Å². The lowest BCUT2D eigenvalue weighted by Gasteiger charge is -2.09. The Morgan fingerprint density at radius 3 is 2.43 bits per heavy atom. The van der Waals surface area contributed by atoms with Crippen LogP contribution < -0.4 is 4.74 Å². The maximum atomic E-state index is 11.8. The number of ether oxygens (including phenoxy) is 2. The van der Waals surface area contributed by atoms with E-state index >= 15 is 0 Å². The molecular formula is C19H28O4. The van der Waals surface area contributed by atoms with Crippen LogP contribution >= 0.6 is 0 Å². The van der Waals surface area contributed by atoms with E-state index in [9.17, 15) is 9.59 Å². The summed E-state index contributed by atoms with van der Waals surface area (Å²) in [5.41, 5.74) is 2.05. The van der Waals surface area contributed by atoms with Crippen LogP contribution in [0.1, 0.15) is 63.0 Å². The topological polar surface area (TPSA) is 52.6 Å². The molecule has 23 heavy (non-hydrogen) atoms. The summed E-state index contributed by atoms with van der Waals surface area (Å²) in [6.07, 6.45) is 5.27. The normalized spacial score (nSPS) is 10.4. The molecule has 0 aromatic heterocycles. The van der Waals surface area contributed by atoms with Crippen molar-refractivity contribution >= 4 is 11.9 Å². The minimum Gasteiger partial charge on any atom is -0.466 e. The van der Waals surface area contributed by atoms with Crippen LogP contribution in [0.2, 0.25) is 0 Å². The maximum absolute atomic E-state index is 11.8. The molecule has 0 aliphatic rings. The molecule has 4 nitrogen and oxygen atoms in total. The minimum atomic E-state index is -0.311. The summed E-state index contributed by atoms with van der Waals surface area (Å²) in [4.78, 5) is 23.4. The predicted molar refractivity (Wildman–Crippen MR) is 90.5 cm³/mol. The van der Waals surface area contributed by atoms with E-state index in [-0.39, 0.29) is 24.8 Å². The van der Waals surface area contributed by atoms with E-state index in [0.29, 0.717) is 18.8 Å². The van der Waals surface area contributed by atoms with E-state index in [1.165, 1.54) is 6.42 Å². The molecule has 0 spiro atoms. The second kappa shape index (κ2) is 10.8. The lowest BCUT2D eigenvalue weighted by Crippen LogP contribution is -2.11. The molecule has 0 aliphatic heterocycles. The summed E-state index contributed by atoms with van der Waals surface area (Å²) in [6, 6.07) is 5.62. The lowest BCUT2D eigenvalue weighted by atomic mass is 10.1. The minimum absolute atomic E-state index is 0.221. The summed E-state index contributed by atoms with van der Waals surface area (Å²) in [5, 5.41) is 0. The van der Waals surface area contributed by atoms with Gasteiger partial charge >= 0.3 is 11.9 Å². The number of benzene rings is 1. The number of hydrogen-bond acceptors (Lipinski definition) is 4. The van der Waals surface area contributed by atoms with Crippen molar-refractivity contribution in [3.63, 3.8) is 0 Å². The smallest absolute Gasteiger partial charge is 0.311 e. The van der Waals surface area contributed by atoms with E-state index in [1.807, 2.05) is 26.0 Å². The molecule has 0 N–H and O–H groups in total. The fraction of sp³-hybridized carbons (Fsp3) is 0.579. The van der Waals surface area contributed by atoms with E-state index in [0.717, 1.165) is 30.4 Å². The first-order valence-corrected chi connectivity index (χ1v) is 8.47. The zero-order valence-electron chi connectivity index (χ0n) is 14.5. The first kappa shape index (κ1) is 19.2. The SMILES string of the molecule is CCCCCCOC(=O)CCCC(=O)Oc1cccc(C)c1C. The third kappa shape index (κ3) is 7.82. The third-order valence-electron chi connectivity index (χ3n) is 3.80. The standard InChI is InChI=1S/C19H28O4/c1-4-5-6-7-14-22-18(20)12-9-13-19(21)23-17-11-8-10-15(2)16(17)3/h8,10-11H,4-7,9,12-14H2,1-3H3. The molecule has 4 heteroatoms. The summed E-state index contributed by atoms with van der Waals surface area (Å²) in [5.74, 6) is 0.0454. The van der Waals surface area contributed by atoms with Crippen molar-refractivity contribution in [1.82, 2.24) is 0 Å². The number of carbonyl (C=O) groups excluding carboxylic acids is 2.